The van der Waals surface area contributed by atoms with Gasteiger partial charge in [0.1, 0.15) is 12.3 Å². The molecule has 1 heterocycles. The average Bonchev–Trinajstić information content (AvgIpc) is 2.69. The maximum atomic E-state index is 12.5. The summed E-state index contributed by atoms with van der Waals surface area (Å²) in [6.07, 6.45) is -0.0665. The fraction of sp³-hybridized carbons (Fsp3) is 0.250. The van der Waals surface area contributed by atoms with Crippen LogP contribution < -0.4 is 14.4 Å². The Kier molecular flexibility index (Phi) is 6.06. The first kappa shape index (κ1) is 21.3. The normalized spacial score (nSPS) is 14.3. The highest BCUT2D eigenvalue weighted by atomic mass is 32.2. The van der Waals surface area contributed by atoms with Crippen molar-refractivity contribution < 1.29 is 32.3 Å². The van der Waals surface area contributed by atoms with Crippen molar-refractivity contribution in [2.45, 2.75) is 13.0 Å². The Hall–Kier alpha value is -3.40. The number of hydrogen-bond donors (Lipinski definition) is 1. The number of carbonyl (C=O) groups excluding carboxylic acids is 3. The number of sulfonamides is 1. The number of nitrogens with zero attached hydrogens (tertiary/aromatic N) is 1. The highest BCUT2D eigenvalue weighted by Gasteiger charge is 2.29. The number of ketones is 1. The Morgan fingerprint density at radius 1 is 1.17 bits per heavy atom. The van der Waals surface area contributed by atoms with Gasteiger partial charge in [-0.1, -0.05) is 12.1 Å². The molecule has 9 nitrogen and oxygen atoms in total. The Morgan fingerprint density at radius 2 is 1.83 bits per heavy atom. The molecule has 158 valence electrons. The topological polar surface area (TPSA) is 119 Å². The van der Waals surface area contributed by atoms with Gasteiger partial charge in [-0.15, -0.1) is 0 Å². The van der Waals surface area contributed by atoms with Gasteiger partial charge in [0.15, 0.2) is 12.7 Å². The van der Waals surface area contributed by atoms with E-state index >= 15 is 0 Å². The Bertz CT molecular complexity index is 1080. The van der Waals surface area contributed by atoms with Crippen molar-refractivity contribution >= 4 is 39.1 Å². The first-order valence-corrected chi connectivity index (χ1v) is 10.9. The molecule has 2 aromatic carbocycles. The zero-order chi connectivity index (χ0) is 21.9. The van der Waals surface area contributed by atoms with E-state index in [0.29, 0.717) is 17.1 Å². The molecule has 0 saturated carbocycles. The Balaban J connectivity index is 1.63. The lowest BCUT2D eigenvalue weighted by molar-refractivity contribution is -0.145. The average molecular weight is 432 g/mol. The summed E-state index contributed by atoms with van der Waals surface area (Å²) in [6.45, 7) is 0.888. The van der Waals surface area contributed by atoms with Crippen LogP contribution in [0.5, 0.6) is 5.75 Å². The fourth-order valence-corrected chi connectivity index (χ4v) is 3.46. The number of esters is 1. The molecule has 3 rings (SSSR count). The van der Waals surface area contributed by atoms with E-state index in [1.807, 2.05) is 0 Å². The number of hydrogen-bond acceptors (Lipinski definition) is 7. The second-order valence-electron chi connectivity index (χ2n) is 6.68. The molecule has 2 aromatic rings. The van der Waals surface area contributed by atoms with Gasteiger partial charge < -0.3 is 9.47 Å². The lowest BCUT2D eigenvalue weighted by Crippen LogP contribution is -2.43. The molecule has 1 N–H and O–H groups in total. The molecule has 0 saturated heterocycles. The smallest absolute Gasteiger partial charge is 0.326 e. The minimum Gasteiger partial charge on any atom is -0.482 e. The van der Waals surface area contributed by atoms with Crippen LogP contribution in [0.25, 0.3) is 0 Å². The first-order chi connectivity index (χ1) is 14.1. The summed E-state index contributed by atoms with van der Waals surface area (Å²) < 4.78 is 35.3. The Morgan fingerprint density at radius 3 is 2.50 bits per heavy atom. The number of nitrogens with one attached hydrogen (secondary N) is 1. The number of benzene rings is 2. The molecular weight excluding hydrogens is 412 g/mol. The lowest BCUT2D eigenvalue weighted by Gasteiger charge is -2.28. The second-order valence-corrected chi connectivity index (χ2v) is 8.43. The van der Waals surface area contributed by atoms with Crippen molar-refractivity contribution in [2.24, 2.45) is 0 Å². The molecule has 0 bridgehead atoms. The van der Waals surface area contributed by atoms with Gasteiger partial charge in [-0.2, -0.15) is 0 Å². The number of fused-ring (bicyclic) bond motifs is 1. The van der Waals surface area contributed by atoms with Gasteiger partial charge in [-0.05, 0) is 43.3 Å². The molecule has 1 aliphatic rings. The summed E-state index contributed by atoms with van der Waals surface area (Å²) in [5, 5.41) is 0. The van der Waals surface area contributed by atoms with Crippen LogP contribution in [0.15, 0.2) is 48.5 Å². The van der Waals surface area contributed by atoms with Crippen LogP contribution in [0.3, 0.4) is 0 Å². The van der Waals surface area contributed by atoms with Gasteiger partial charge in [0.2, 0.25) is 15.8 Å². The predicted molar refractivity (Wildman–Crippen MR) is 109 cm³/mol. The van der Waals surface area contributed by atoms with Crippen molar-refractivity contribution in [1.29, 1.82) is 0 Å². The molecule has 1 amide bonds. The molecule has 30 heavy (non-hydrogen) atoms. The minimum absolute atomic E-state index is 0.188. The number of rotatable bonds is 7. The van der Waals surface area contributed by atoms with Crippen molar-refractivity contribution in [3.05, 3.63) is 54.1 Å². The van der Waals surface area contributed by atoms with E-state index in [9.17, 15) is 22.8 Å². The van der Waals surface area contributed by atoms with E-state index in [0.717, 1.165) is 6.26 Å². The maximum absolute atomic E-state index is 12.5. The summed E-state index contributed by atoms with van der Waals surface area (Å²) in [4.78, 5) is 38.2. The number of amides is 1. The van der Waals surface area contributed by atoms with E-state index < -0.39 is 33.8 Å². The van der Waals surface area contributed by atoms with Crippen molar-refractivity contribution in [1.82, 2.24) is 0 Å². The number of para-hydroxylation sites is 2. The third kappa shape index (κ3) is 5.15. The first-order valence-electron chi connectivity index (χ1n) is 8.98. The van der Waals surface area contributed by atoms with E-state index in [2.05, 4.69) is 4.72 Å². The van der Waals surface area contributed by atoms with Crippen molar-refractivity contribution in [3.8, 4) is 5.75 Å². The van der Waals surface area contributed by atoms with Gasteiger partial charge in [0.25, 0.3) is 5.91 Å². The summed E-state index contributed by atoms with van der Waals surface area (Å²) in [5.41, 5.74) is 1.02. The van der Waals surface area contributed by atoms with E-state index in [1.165, 1.54) is 36.1 Å². The van der Waals surface area contributed by atoms with Crippen LogP contribution in [0, 0.1) is 0 Å². The van der Waals surface area contributed by atoms with Crippen LogP contribution in [-0.4, -0.2) is 51.6 Å². The summed E-state index contributed by atoms with van der Waals surface area (Å²) in [6, 6.07) is 12.5. The molecule has 0 radical (unpaired) electrons. The third-order valence-corrected chi connectivity index (χ3v) is 4.85. The second kappa shape index (κ2) is 8.54. The van der Waals surface area contributed by atoms with Crippen LogP contribution >= 0.6 is 0 Å². The number of anilines is 2. The van der Waals surface area contributed by atoms with Gasteiger partial charge in [-0.25, -0.2) is 8.42 Å². The zero-order valence-electron chi connectivity index (χ0n) is 16.3. The van der Waals surface area contributed by atoms with Crippen LogP contribution in [0.4, 0.5) is 11.4 Å². The third-order valence-electron chi connectivity index (χ3n) is 4.25. The largest absolute Gasteiger partial charge is 0.482 e. The van der Waals surface area contributed by atoms with Gasteiger partial charge in [0.05, 0.1) is 11.9 Å². The molecule has 1 aliphatic heterocycles. The SMILES string of the molecule is CC(OC(=O)CN1C(=O)COc2ccccc21)C(=O)c1ccc(NS(C)(=O)=O)cc1. The molecule has 10 heteroatoms. The quantitative estimate of drug-likeness (QED) is 0.521. The molecule has 0 aliphatic carbocycles. The highest BCUT2D eigenvalue weighted by Crippen LogP contribution is 2.31. The van der Waals surface area contributed by atoms with Gasteiger partial charge in [0, 0.05) is 11.3 Å². The van der Waals surface area contributed by atoms with E-state index in [-0.39, 0.29) is 18.7 Å². The number of Topliss-reactive ketones (excluding diaryl/α,β-unsaturated/α-hetero) is 1. The van der Waals surface area contributed by atoms with Gasteiger partial charge in [-0.3, -0.25) is 24.0 Å². The molecule has 1 unspecified atom stereocenters. The maximum Gasteiger partial charge on any atom is 0.326 e. The summed E-state index contributed by atoms with van der Waals surface area (Å²) in [7, 11) is -3.43. The molecule has 0 fully saturated rings. The Labute approximate surface area is 173 Å². The van der Waals surface area contributed by atoms with Crippen LogP contribution in [-0.2, 0) is 24.3 Å². The summed E-state index contributed by atoms with van der Waals surface area (Å²) in [5.74, 6) is -1.10. The number of carbonyl (C=O) groups is 3. The van der Waals surface area contributed by atoms with E-state index in [1.54, 1.807) is 24.3 Å². The van der Waals surface area contributed by atoms with E-state index in [4.69, 9.17) is 9.47 Å². The number of ether oxygens (including phenoxy) is 2. The summed E-state index contributed by atoms with van der Waals surface area (Å²) >= 11 is 0. The minimum atomic E-state index is -3.43. The van der Waals surface area contributed by atoms with Crippen LogP contribution in [0.1, 0.15) is 17.3 Å². The monoisotopic (exact) mass is 432 g/mol. The predicted octanol–water partition coefficient (Wildman–Crippen LogP) is 1.60. The molecule has 0 spiro atoms. The van der Waals surface area contributed by atoms with Gasteiger partial charge >= 0.3 is 5.97 Å². The lowest BCUT2D eigenvalue weighted by atomic mass is 10.1. The molecular formula is C20H20N2O7S. The fourth-order valence-electron chi connectivity index (χ4n) is 2.90. The highest BCUT2D eigenvalue weighted by molar-refractivity contribution is 7.92. The van der Waals surface area contributed by atoms with Crippen molar-refractivity contribution in [3.63, 3.8) is 0 Å². The molecule has 1 atom stereocenters. The van der Waals surface area contributed by atoms with Crippen molar-refractivity contribution in [2.75, 3.05) is 29.0 Å². The zero-order valence-corrected chi connectivity index (χ0v) is 17.1. The molecule has 0 aromatic heterocycles. The van der Waals surface area contributed by atoms with Crippen LogP contribution in [0.2, 0.25) is 0 Å². The standard InChI is InChI=1S/C20H20N2O7S/c1-13(20(25)14-7-9-15(10-8-14)21-30(2,26)27)29-19(24)11-22-16-5-3-4-6-17(16)28-12-18(22)23/h3-10,13,21H,11-12H2,1-2H3.